The van der Waals surface area contributed by atoms with Crippen molar-refractivity contribution in [1.29, 1.82) is 0 Å². The van der Waals surface area contributed by atoms with Gasteiger partial charge in [-0.3, -0.25) is 4.79 Å². The molecule has 0 saturated heterocycles. The van der Waals surface area contributed by atoms with Gasteiger partial charge < -0.3 is 15.3 Å². The average molecular weight is 202 g/mol. The number of carbonyl (C=O) groups excluding carboxylic acids is 1. The van der Waals surface area contributed by atoms with Crippen LogP contribution in [0.4, 0.5) is 0 Å². The van der Waals surface area contributed by atoms with E-state index in [0.29, 0.717) is 13.1 Å². The lowest BCUT2D eigenvalue weighted by Gasteiger charge is -2.24. The molecule has 0 heterocycles. The second-order valence-electron chi connectivity index (χ2n) is 4.27. The number of hydrogen-bond donors (Lipinski definition) is 2. The Bertz CT molecular complexity index is 187. The van der Waals surface area contributed by atoms with E-state index in [-0.39, 0.29) is 11.9 Å². The van der Waals surface area contributed by atoms with Gasteiger partial charge in [0.15, 0.2) is 0 Å². The summed E-state index contributed by atoms with van der Waals surface area (Å²) in [6.07, 6.45) is 0. The highest BCUT2D eigenvalue weighted by atomic mass is 16.3. The maximum absolute atomic E-state index is 11.6. The van der Waals surface area contributed by atoms with E-state index in [4.69, 9.17) is 0 Å². The van der Waals surface area contributed by atoms with Crippen LogP contribution in [-0.4, -0.2) is 47.7 Å². The Morgan fingerprint density at radius 2 is 2.07 bits per heavy atom. The Kier molecular flexibility index (Phi) is 5.08. The molecule has 0 bridgehead atoms. The maximum Gasteiger partial charge on any atom is 0.239 e. The first-order chi connectivity index (χ1) is 6.28. The molecule has 4 nitrogen and oxygen atoms in total. The molecule has 0 spiro atoms. The molecular weight excluding hydrogens is 180 g/mol. The van der Waals surface area contributed by atoms with Crippen molar-refractivity contribution in [3.8, 4) is 0 Å². The van der Waals surface area contributed by atoms with Crippen molar-refractivity contribution in [2.75, 3.05) is 20.1 Å². The van der Waals surface area contributed by atoms with Crippen molar-refractivity contribution in [2.24, 2.45) is 0 Å². The summed E-state index contributed by atoms with van der Waals surface area (Å²) >= 11 is 0. The molecule has 0 aromatic heterocycles. The van der Waals surface area contributed by atoms with Crippen molar-refractivity contribution in [1.82, 2.24) is 10.2 Å². The summed E-state index contributed by atoms with van der Waals surface area (Å²) in [5.41, 5.74) is -0.778. The van der Waals surface area contributed by atoms with Crippen molar-refractivity contribution < 1.29 is 9.90 Å². The van der Waals surface area contributed by atoms with Crippen molar-refractivity contribution >= 4 is 5.91 Å². The van der Waals surface area contributed by atoms with Gasteiger partial charge in [0.05, 0.1) is 11.6 Å². The number of amides is 1. The summed E-state index contributed by atoms with van der Waals surface area (Å²) in [5.74, 6) is 0.0525. The van der Waals surface area contributed by atoms with Crippen LogP contribution in [0.3, 0.4) is 0 Å². The molecule has 14 heavy (non-hydrogen) atoms. The molecule has 84 valence electrons. The Labute approximate surface area is 86.3 Å². The first-order valence-corrected chi connectivity index (χ1v) is 4.98. The van der Waals surface area contributed by atoms with Crippen LogP contribution < -0.4 is 5.32 Å². The topological polar surface area (TPSA) is 52.6 Å². The maximum atomic E-state index is 11.6. The second kappa shape index (κ2) is 5.32. The van der Waals surface area contributed by atoms with Crippen LogP contribution in [0.15, 0.2) is 0 Å². The molecule has 1 amide bonds. The summed E-state index contributed by atoms with van der Waals surface area (Å²) in [6, 6.07) is -0.244. The van der Waals surface area contributed by atoms with Crippen LogP contribution in [0.1, 0.15) is 27.7 Å². The highest BCUT2D eigenvalue weighted by Gasteiger charge is 2.19. The van der Waals surface area contributed by atoms with Crippen LogP contribution in [0.25, 0.3) is 0 Å². The number of likely N-dealkylation sites (N-methyl/N-ethyl adjacent to an activating group) is 1. The highest BCUT2D eigenvalue weighted by Crippen LogP contribution is 1.99. The van der Waals surface area contributed by atoms with Gasteiger partial charge >= 0.3 is 0 Å². The molecule has 0 saturated carbocycles. The van der Waals surface area contributed by atoms with Gasteiger partial charge in [0.2, 0.25) is 5.91 Å². The molecule has 0 radical (unpaired) electrons. The minimum Gasteiger partial charge on any atom is -0.389 e. The van der Waals surface area contributed by atoms with Crippen molar-refractivity contribution in [3.63, 3.8) is 0 Å². The van der Waals surface area contributed by atoms with Gasteiger partial charge in [-0.25, -0.2) is 0 Å². The van der Waals surface area contributed by atoms with E-state index in [1.54, 1.807) is 32.7 Å². The normalized spacial score (nSPS) is 13.9. The number of carbonyl (C=O) groups is 1. The van der Waals surface area contributed by atoms with E-state index in [2.05, 4.69) is 5.32 Å². The van der Waals surface area contributed by atoms with E-state index in [1.165, 1.54) is 0 Å². The zero-order valence-corrected chi connectivity index (χ0v) is 9.79. The van der Waals surface area contributed by atoms with Gasteiger partial charge in [-0.2, -0.15) is 0 Å². The molecule has 1 atom stereocenters. The van der Waals surface area contributed by atoms with Crippen molar-refractivity contribution in [3.05, 3.63) is 0 Å². The predicted molar refractivity (Wildman–Crippen MR) is 57.1 cm³/mol. The molecule has 0 aromatic rings. The SMILES string of the molecule is CCN(C)C(=O)C(C)NCC(C)(C)O. The largest absolute Gasteiger partial charge is 0.389 e. The Morgan fingerprint density at radius 3 is 2.43 bits per heavy atom. The van der Waals surface area contributed by atoms with Crippen LogP contribution in [-0.2, 0) is 4.79 Å². The number of nitrogens with one attached hydrogen (secondary N) is 1. The summed E-state index contributed by atoms with van der Waals surface area (Å²) in [6.45, 7) is 8.27. The summed E-state index contributed by atoms with van der Waals surface area (Å²) < 4.78 is 0. The quantitative estimate of drug-likeness (QED) is 0.670. The summed E-state index contributed by atoms with van der Waals surface area (Å²) in [4.78, 5) is 13.2. The monoisotopic (exact) mass is 202 g/mol. The van der Waals surface area contributed by atoms with Crippen LogP contribution in [0.5, 0.6) is 0 Å². The summed E-state index contributed by atoms with van der Waals surface area (Å²) in [7, 11) is 1.77. The molecule has 0 fully saturated rings. The van der Waals surface area contributed by atoms with Gasteiger partial charge in [0.1, 0.15) is 0 Å². The molecule has 0 aromatic carbocycles. The molecule has 0 rings (SSSR count). The molecular formula is C10H22N2O2. The standard InChI is InChI=1S/C10H22N2O2/c1-6-12(5)9(13)8(2)11-7-10(3,4)14/h8,11,14H,6-7H2,1-5H3. The summed E-state index contributed by atoms with van der Waals surface area (Å²) in [5, 5.41) is 12.5. The smallest absolute Gasteiger partial charge is 0.239 e. The van der Waals surface area contributed by atoms with E-state index in [0.717, 1.165) is 0 Å². The number of nitrogens with zero attached hydrogens (tertiary/aromatic N) is 1. The van der Waals surface area contributed by atoms with Crippen LogP contribution in [0.2, 0.25) is 0 Å². The third-order valence-corrected chi connectivity index (χ3v) is 2.06. The Hall–Kier alpha value is -0.610. The third kappa shape index (κ3) is 5.19. The van der Waals surface area contributed by atoms with Gasteiger partial charge in [-0.1, -0.05) is 0 Å². The third-order valence-electron chi connectivity index (χ3n) is 2.06. The minimum absolute atomic E-state index is 0.0525. The number of rotatable bonds is 5. The molecule has 0 aliphatic heterocycles. The lowest BCUT2D eigenvalue weighted by molar-refractivity contribution is -0.131. The molecule has 4 heteroatoms. The van der Waals surface area contributed by atoms with Crippen molar-refractivity contribution in [2.45, 2.75) is 39.3 Å². The van der Waals surface area contributed by atoms with Crippen LogP contribution in [0, 0.1) is 0 Å². The second-order valence-corrected chi connectivity index (χ2v) is 4.27. The van der Waals surface area contributed by atoms with Gasteiger partial charge in [0.25, 0.3) is 0 Å². The fourth-order valence-electron chi connectivity index (χ4n) is 0.977. The Balaban J connectivity index is 3.97. The predicted octanol–water partition coefficient (Wildman–Crippen LogP) is 0.214. The molecule has 0 aliphatic rings. The fourth-order valence-corrected chi connectivity index (χ4v) is 0.977. The number of aliphatic hydroxyl groups is 1. The first kappa shape index (κ1) is 13.4. The zero-order valence-electron chi connectivity index (χ0n) is 9.79. The van der Waals surface area contributed by atoms with E-state index in [9.17, 15) is 9.90 Å². The molecule has 2 N–H and O–H groups in total. The van der Waals surface area contributed by atoms with Gasteiger partial charge in [-0.05, 0) is 27.7 Å². The molecule has 0 aliphatic carbocycles. The Morgan fingerprint density at radius 1 is 1.57 bits per heavy atom. The van der Waals surface area contributed by atoms with Gasteiger partial charge in [-0.15, -0.1) is 0 Å². The van der Waals surface area contributed by atoms with E-state index < -0.39 is 5.60 Å². The minimum atomic E-state index is -0.778. The van der Waals surface area contributed by atoms with E-state index >= 15 is 0 Å². The molecule has 1 unspecified atom stereocenters. The van der Waals surface area contributed by atoms with E-state index in [1.807, 2.05) is 6.92 Å². The fraction of sp³-hybridized carbons (Fsp3) is 0.900. The first-order valence-electron chi connectivity index (χ1n) is 4.98. The highest BCUT2D eigenvalue weighted by molar-refractivity contribution is 5.81. The zero-order chi connectivity index (χ0) is 11.4. The average Bonchev–Trinajstić information content (AvgIpc) is 2.10. The van der Waals surface area contributed by atoms with Gasteiger partial charge in [0, 0.05) is 20.1 Å². The van der Waals surface area contributed by atoms with Crippen LogP contribution >= 0.6 is 0 Å². The lowest BCUT2D eigenvalue weighted by atomic mass is 10.1. The number of hydrogen-bond acceptors (Lipinski definition) is 3. The lowest BCUT2D eigenvalue weighted by Crippen LogP contribution is -2.47.